The molecule has 0 spiro atoms. The van der Waals surface area contributed by atoms with E-state index in [1.807, 2.05) is 0 Å². The average molecular weight is 405 g/mol. The van der Waals surface area contributed by atoms with Crippen molar-refractivity contribution in [2.45, 2.75) is 32.7 Å². The molecule has 0 aliphatic rings. The summed E-state index contributed by atoms with van der Waals surface area (Å²) in [7, 11) is 0. The maximum atomic E-state index is 13.1. The number of nitrogens with zero attached hydrogens (tertiary/aromatic N) is 2. The van der Waals surface area contributed by atoms with Crippen LogP contribution in [0, 0.1) is 9.39 Å². The number of rotatable bonds is 6. The van der Waals surface area contributed by atoms with E-state index in [0.717, 1.165) is 38.5 Å². The topological polar surface area (TPSA) is 37.8 Å². The number of hydrogen-bond donors (Lipinski definition) is 1. The predicted octanol–water partition coefficient (Wildman–Crippen LogP) is 4.40. The summed E-state index contributed by atoms with van der Waals surface area (Å²) in [5.41, 5.74) is 0.945. The van der Waals surface area contributed by atoms with E-state index in [0.29, 0.717) is 0 Å². The lowest BCUT2D eigenvalue weighted by Gasteiger charge is -2.12. The minimum atomic E-state index is -0.223. The summed E-state index contributed by atoms with van der Waals surface area (Å²) in [4.78, 5) is 0. The van der Waals surface area contributed by atoms with Crippen LogP contribution in [0.5, 0.6) is 0 Å². The standard InChI is InChI=1S/C14H17FIN3S/c1-3-7-17-12(4-2)14-19-18-13(20-14)10-6-5-9(15)8-11(10)16/h5-6,8,12,17H,3-4,7H2,1-2H3. The highest BCUT2D eigenvalue weighted by Gasteiger charge is 2.16. The lowest BCUT2D eigenvalue weighted by Crippen LogP contribution is -2.21. The van der Waals surface area contributed by atoms with Crippen molar-refractivity contribution in [1.29, 1.82) is 0 Å². The molecule has 0 saturated heterocycles. The molecule has 3 nitrogen and oxygen atoms in total. The van der Waals surface area contributed by atoms with E-state index in [1.54, 1.807) is 17.4 Å². The Balaban J connectivity index is 2.23. The highest BCUT2D eigenvalue weighted by molar-refractivity contribution is 14.1. The summed E-state index contributed by atoms with van der Waals surface area (Å²) in [6, 6.07) is 5.00. The summed E-state index contributed by atoms with van der Waals surface area (Å²) in [6.45, 7) is 5.25. The first-order valence-electron chi connectivity index (χ1n) is 6.67. The van der Waals surface area contributed by atoms with Gasteiger partial charge in [-0.3, -0.25) is 0 Å². The van der Waals surface area contributed by atoms with E-state index in [-0.39, 0.29) is 11.9 Å². The molecule has 0 aliphatic heterocycles. The van der Waals surface area contributed by atoms with Gasteiger partial charge in [0.25, 0.3) is 0 Å². The summed E-state index contributed by atoms with van der Waals surface area (Å²) in [5.74, 6) is -0.223. The molecule has 0 saturated carbocycles. The Kier molecular flexibility index (Phi) is 5.86. The molecule has 1 aromatic carbocycles. The fourth-order valence-corrected chi connectivity index (χ4v) is 3.83. The van der Waals surface area contributed by atoms with E-state index >= 15 is 0 Å². The molecule has 0 radical (unpaired) electrons. The Morgan fingerprint density at radius 3 is 2.80 bits per heavy atom. The number of aromatic nitrogens is 2. The predicted molar refractivity (Wildman–Crippen MR) is 89.3 cm³/mol. The van der Waals surface area contributed by atoms with E-state index in [2.05, 4.69) is 52.0 Å². The first kappa shape index (κ1) is 15.8. The number of benzene rings is 1. The van der Waals surface area contributed by atoms with Gasteiger partial charge in [-0.25, -0.2) is 4.39 Å². The van der Waals surface area contributed by atoms with Gasteiger partial charge in [-0.05, 0) is 60.2 Å². The van der Waals surface area contributed by atoms with Gasteiger partial charge in [-0.15, -0.1) is 10.2 Å². The fourth-order valence-electron chi connectivity index (χ4n) is 1.87. The van der Waals surface area contributed by atoms with Crippen LogP contribution in [-0.4, -0.2) is 16.7 Å². The SMILES string of the molecule is CCCNC(CC)c1nnc(-c2ccc(F)cc2I)s1. The molecule has 0 aliphatic carbocycles. The van der Waals surface area contributed by atoms with Gasteiger partial charge in [0, 0.05) is 9.13 Å². The van der Waals surface area contributed by atoms with Crippen molar-refractivity contribution in [2.75, 3.05) is 6.54 Å². The van der Waals surface area contributed by atoms with Crippen molar-refractivity contribution >= 4 is 33.9 Å². The fraction of sp³-hybridized carbons (Fsp3) is 0.429. The Morgan fingerprint density at radius 2 is 2.15 bits per heavy atom. The van der Waals surface area contributed by atoms with Crippen LogP contribution in [0.2, 0.25) is 0 Å². The molecule has 1 unspecified atom stereocenters. The zero-order valence-corrected chi connectivity index (χ0v) is 14.5. The zero-order chi connectivity index (χ0) is 14.5. The summed E-state index contributed by atoms with van der Waals surface area (Å²) < 4.78 is 14.0. The van der Waals surface area contributed by atoms with Crippen LogP contribution in [0.3, 0.4) is 0 Å². The van der Waals surface area contributed by atoms with Gasteiger partial charge in [0.05, 0.1) is 6.04 Å². The minimum Gasteiger partial charge on any atom is -0.308 e. The second-order valence-electron chi connectivity index (χ2n) is 4.48. The van der Waals surface area contributed by atoms with Crippen molar-refractivity contribution in [3.8, 4) is 10.6 Å². The van der Waals surface area contributed by atoms with Crippen molar-refractivity contribution in [3.63, 3.8) is 0 Å². The molecule has 0 bridgehead atoms. The summed E-state index contributed by atoms with van der Waals surface area (Å²) in [5, 5.41) is 13.9. The number of halogens is 2. The van der Waals surface area contributed by atoms with Gasteiger partial charge in [-0.2, -0.15) is 0 Å². The van der Waals surface area contributed by atoms with Gasteiger partial charge < -0.3 is 5.32 Å². The van der Waals surface area contributed by atoms with E-state index in [4.69, 9.17) is 0 Å². The smallest absolute Gasteiger partial charge is 0.148 e. The molecule has 1 N–H and O–H groups in total. The van der Waals surface area contributed by atoms with Crippen LogP contribution in [-0.2, 0) is 0 Å². The van der Waals surface area contributed by atoms with Crippen LogP contribution in [0.25, 0.3) is 10.6 Å². The van der Waals surface area contributed by atoms with Crippen molar-refractivity contribution < 1.29 is 4.39 Å². The Hall–Kier alpha value is -0.600. The van der Waals surface area contributed by atoms with E-state index < -0.39 is 0 Å². The molecule has 1 atom stereocenters. The second-order valence-corrected chi connectivity index (χ2v) is 6.66. The molecule has 2 rings (SSSR count). The minimum absolute atomic E-state index is 0.223. The molecular weight excluding hydrogens is 388 g/mol. The first-order chi connectivity index (χ1) is 9.65. The van der Waals surface area contributed by atoms with Gasteiger partial charge in [-0.1, -0.05) is 25.2 Å². The Morgan fingerprint density at radius 1 is 1.35 bits per heavy atom. The summed E-state index contributed by atoms with van der Waals surface area (Å²) >= 11 is 3.71. The average Bonchev–Trinajstić information content (AvgIpc) is 2.89. The third kappa shape index (κ3) is 3.73. The van der Waals surface area contributed by atoms with Crippen LogP contribution in [0.1, 0.15) is 37.7 Å². The molecule has 20 heavy (non-hydrogen) atoms. The van der Waals surface area contributed by atoms with Crippen LogP contribution in [0.15, 0.2) is 18.2 Å². The normalized spacial score (nSPS) is 12.6. The van der Waals surface area contributed by atoms with Gasteiger partial charge in [0.15, 0.2) is 0 Å². The first-order valence-corrected chi connectivity index (χ1v) is 8.57. The number of hydrogen-bond acceptors (Lipinski definition) is 4. The molecular formula is C14H17FIN3S. The number of nitrogens with one attached hydrogen (secondary N) is 1. The van der Waals surface area contributed by atoms with Crippen molar-refractivity contribution in [3.05, 3.63) is 32.6 Å². The van der Waals surface area contributed by atoms with Crippen molar-refractivity contribution in [1.82, 2.24) is 15.5 Å². The quantitative estimate of drug-likeness (QED) is 0.725. The monoisotopic (exact) mass is 405 g/mol. The lowest BCUT2D eigenvalue weighted by atomic mass is 10.2. The molecule has 0 amide bonds. The zero-order valence-electron chi connectivity index (χ0n) is 11.5. The summed E-state index contributed by atoms with van der Waals surface area (Å²) in [6.07, 6.45) is 2.08. The Labute approximate surface area is 136 Å². The van der Waals surface area contributed by atoms with Gasteiger partial charge in [0.1, 0.15) is 15.8 Å². The van der Waals surface area contributed by atoms with E-state index in [1.165, 1.54) is 12.1 Å². The third-order valence-electron chi connectivity index (χ3n) is 2.95. The van der Waals surface area contributed by atoms with Gasteiger partial charge in [0.2, 0.25) is 0 Å². The third-order valence-corrected chi connectivity index (χ3v) is 4.91. The second kappa shape index (κ2) is 7.42. The van der Waals surface area contributed by atoms with Crippen LogP contribution >= 0.6 is 33.9 Å². The largest absolute Gasteiger partial charge is 0.308 e. The lowest BCUT2D eigenvalue weighted by molar-refractivity contribution is 0.513. The highest BCUT2D eigenvalue weighted by Crippen LogP contribution is 2.31. The maximum absolute atomic E-state index is 13.1. The maximum Gasteiger partial charge on any atom is 0.148 e. The van der Waals surface area contributed by atoms with Gasteiger partial charge >= 0.3 is 0 Å². The molecule has 108 valence electrons. The molecule has 0 fully saturated rings. The molecule has 6 heteroatoms. The Bertz CT molecular complexity index is 573. The molecule has 1 aromatic heterocycles. The van der Waals surface area contributed by atoms with Crippen LogP contribution < -0.4 is 5.32 Å². The highest BCUT2D eigenvalue weighted by atomic mass is 127. The van der Waals surface area contributed by atoms with Crippen molar-refractivity contribution in [2.24, 2.45) is 0 Å². The van der Waals surface area contributed by atoms with E-state index in [9.17, 15) is 4.39 Å². The molecule has 2 aromatic rings. The molecule has 1 heterocycles. The van der Waals surface area contributed by atoms with Crippen LogP contribution in [0.4, 0.5) is 4.39 Å².